The number of carbonyl (C=O) groups is 1. The first-order valence-electron chi connectivity index (χ1n) is 6.30. The van der Waals surface area contributed by atoms with Gasteiger partial charge in [0.05, 0.1) is 11.5 Å². The number of rotatable bonds is 7. The number of likely N-dealkylation sites (N-methyl/N-ethyl adjacent to an activating group) is 1. The molecule has 0 radical (unpaired) electrons. The van der Waals surface area contributed by atoms with Crippen molar-refractivity contribution in [2.24, 2.45) is 0 Å². The zero-order valence-electron chi connectivity index (χ0n) is 11.8. The van der Waals surface area contributed by atoms with E-state index in [1.54, 1.807) is 14.1 Å². The lowest BCUT2D eigenvalue weighted by molar-refractivity contribution is -0.384. The van der Waals surface area contributed by atoms with E-state index in [-0.39, 0.29) is 24.0 Å². The highest BCUT2D eigenvalue weighted by Gasteiger charge is 2.20. The number of hydrogen-bond donors (Lipinski definition) is 2. The molecule has 0 unspecified atom stereocenters. The smallest absolute Gasteiger partial charge is 0.311 e. The van der Waals surface area contributed by atoms with Gasteiger partial charge in [0.1, 0.15) is 5.82 Å². The Balaban J connectivity index is 2.92. The fraction of sp³-hybridized carbons (Fsp3) is 0.500. The summed E-state index contributed by atoms with van der Waals surface area (Å²) < 4.78 is 0. The van der Waals surface area contributed by atoms with Gasteiger partial charge >= 0.3 is 5.69 Å². The predicted octanol–water partition coefficient (Wildman–Crippen LogP) is 0.994. The molecule has 0 aromatic carbocycles. The molecule has 0 aliphatic carbocycles. The Hall–Kier alpha value is -2.38. The molecule has 110 valence electrons. The summed E-state index contributed by atoms with van der Waals surface area (Å²) in [5, 5.41) is 16.5. The molecule has 1 amide bonds. The maximum Gasteiger partial charge on any atom is 0.311 e. The molecule has 0 spiro atoms. The summed E-state index contributed by atoms with van der Waals surface area (Å²) in [6.07, 6.45) is 0.836. The summed E-state index contributed by atoms with van der Waals surface area (Å²) in [6.45, 7) is 2.55. The van der Waals surface area contributed by atoms with E-state index in [1.807, 2.05) is 6.92 Å². The highest BCUT2D eigenvalue weighted by Crippen LogP contribution is 2.26. The molecule has 0 aliphatic heterocycles. The van der Waals surface area contributed by atoms with Gasteiger partial charge in [0.15, 0.2) is 0 Å². The minimum absolute atomic E-state index is 0.0149. The van der Waals surface area contributed by atoms with Crippen LogP contribution in [0.15, 0.2) is 12.1 Å². The van der Waals surface area contributed by atoms with Gasteiger partial charge in [-0.05, 0) is 12.5 Å². The molecule has 8 heteroatoms. The Morgan fingerprint density at radius 2 is 2.20 bits per heavy atom. The lowest BCUT2D eigenvalue weighted by Gasteiger charge is -2.18. The standard InChI is InChI=1S/C12H19N5O3/c1-4-7-14-11(18)8-16(3)12-9(17(19)20)5-6-10(13-2)15-12/h5-6H,4,7-8H2,1-3H3,(H,13,15)(H,14,18). The van der Waals surface area contributed by atoms with E-state index in [2.05, 4.69) is 15.6 Å². The van der Waals surface area contributed by atoms with Crippen LogP contribution in [0.2, 0.25) is 0 Å². The Kier molecular flexibility index (Phi) is 5.70. The van der Waals surface area contributed by atoms with E-state index in [1.165, 1.54) is 17.0 Å². The minimum Gasteiger partial charge on any atom is -0.373 e. The highest BCUT2D eigenvalue weighted by atomic mass is 16.6. The Labute approximate surface area is 117 Å². The molecule has 0 fully saturated rings. The zero-order valence-corrected chi connectivity index (χ0v) is 11.8. The number of carbonyl (C=O) groups excluding carboxylic acids is 1. The number of anilines is 2. The van der Waals surface area contributed by atoms with Gasteiger partial charge in [-0.3, -0.25) is 14.9 Å². The van der Waals surface area contributed by atoms with Crippen LogP contribution in [0.5, 0.6) is 0 Å². The van der Waals surface area contributed by atoms with Gasteiger partial charge < -0.3 is 15.5 Å². The Morgan fingerprint density at radius 1 is 1.50 bits per heavy atom. The summed E-state index contributed by atoms with van der Waals surface area (Å²) in [6, 6.07) is 2.89. The maximum atomic E-state index is 11.7. The van der Waals surface area contributed by atoms with Crippen LogP contribution in [0.25, 0.3) is 0 Å². The lowest BCUT2D eigenvalue weighted by Crippen LogP contribution is -2.36. The SMILES string of the molecule is CCCNC(=O)CN(C)c1nc(NC)ccc1[N+](=O)[O-]. The number of hydrogen-bond acceptors (Lipinski definition) is 6. The second kappa shape index (κ2) is 7.27. The molecule has 0 saturated carbocycles. The Bertz CT molecular complexity index is 492. The topological polar surface area (TPSA) is 100 Å². The summed E-state index contributed by atoms with van der Waals surface area (Å²) in [5.74, 6) is 0.472. The molecular weight excluding hydrogens is 262 g/mol. The van der Waals surface area contributed by atoms with E-state index in [0.29, 0.717) is 12.4 Å². The van der Waals surface area contributed by atoms with Gasteiger partial charge in [-0.15, -0.1) is 0 Å². The normalized spacial score (nSPS) is 9.95. The van der Waals surface area contributed by atoms with Crippen molar-refractivity contribution in [1.82, 2.24) is 10.3 Å². The minimum atomic E-state index is -0.512. The summed E-state index contributed by atoms with van der Waals surface area (Å²) in [4.78, 5) is 27.7. The Morgan fingerprint density at radius 3 is 2.75 bits per heavy atom. The van der Waals surface area contributed by atoms with Gasteiger partial charge in [-0.2, -0.15) is 0 Å². The number of nitro groups is 1. The monoisotopic (exact) mass is 281 g/mol. The third-order valence-corrected chi connectivity index (χ3v) is 2.62. The van der Waals surface area contributed by atoms with Gasteiger partial charge in [0.2, 0.25) is 11.7 Å². The first kappa shape index (κ1) is 15.7. The van der Waals surface area contributed by atoms with E-state index in [0.717, 1.165) is 6.42 Å². The van der Waals surface area contributed by atoms with Crippen molar-refractivity contribution in [2.45, 2.75) is 13.3 Å². The van der Waals surface area contributed by atoms with Crippen LogP contribution in [-0.2, 0) is 4.79 Å². The largest absolute Gasteiger partial charge is 0.373 e. The fourth-order valence-corrected chi connectivity index (χ4v) is 1.61. The maximum absolute atomic E-state index is 11.7. The molecule has 1 aromatic rings. The van der Waals surface area contributed by atoms with Crippen LogP contribution >= 0.6 is 0 Å². The second-order valence-corrected chi connectivity index (χ2v) is 4.25. The molecule has 0 aliphatic rings. The molecule has 8 nitrogen and oxygen atoms in total. The quantitative estimate of drug-likeness (QED) is 0.571. The van der Waals surface area contributed by atoms with Gasteiger partial charge in [-0.25, -0.2) is 4.98 Å². The number of nitrogens with zero attached hydrogens (tertiary/aromatic N) is 3. The molecule has 0 bridgehead atoms. The fourth-order valence-electron chi connectivity index (χ4n) is 1.61. The van der Waals surface area contributed by atoms with Crippen LogP contribution < -0.4 is 15.5 Å². The van der Waals surface area contributed by atoms with Crippen LogP contribution in [0.4, 0.5) is 17.3 Å². The van der Waals surface area contributed by atoms with Crippen molar-refractivity contribution in [3.63, 3.8) is 0 Å². The molecule has 1 aromatic heterocycles. The van der Waals surface area contributed by atoms with Crippen molar-refractivity contribution in [3.05, 3.63) is 22.2 Å². The van der Waals surface area contributed by atoms with Crippen LogP contribution in [0.1, 0.15) is 13.3 Å². The predicted molar refractivity (Wildman–Crippen MR) is 77.0 cm³/mol. The number of nitrogens with one attached hydrogen (secondary N) is 2. The molecule has 20 heavy (non-hydrogen) atoms. The number of aromatic nitrogens is 1. The van der Waals surface area contributed by atoms with Crippen molar-refractivity contribution >= 4 is 23.2 Å². The third-order valence-electron chi connectivity index (χ3n) is 2.62. The van der Waals surface area contributed by atoms with Crippen LogP contribution in [0, 0.1) is 10.1 Å². The van der Waals surface area contributed by atoms with Gasteiger partial charge in [0.25, 0.3) is 0 Å². The summed E-state index contributed by atoms with van der Waals surface area (Å²) in [5.41, 5.74) is -0.130. The van der Waals surface area contributed by atoms with Crippen molar-refractivity contribution < 1.29 is 9.72 Å². The molecule has 1 rings (SSSR count). The van der Waals surface area contributed by atoms with E-state index in [4.69, 9.17) is 0 Å². The van der Waals surface area contributed by atoms with Crippen LogP contribution in [0.3, 0.4) is 0 Å². The van der Waals surface area contributed by atoms with E-state index < -0.39 is 4.92 Å². The van der Waals surface area contributed by atoms with Crippen molar-refractivity contribution in [3.8, 4) is 0 Å². The molecule has 0 atom stereocenters. The molecular formula is C12H19N5O3. The number of pyridine rings is 1. The number of amides is 1. The van der Waals surface area contributed by atoms with E-state index >= 15 is 0 Å². The highest BCUT2D eigenvalue weighted by molar-refractivity contribution is 5.81. The lowest BCUT2D eigenvalue weighted by atomic mass is 10.3. The second-order valence-electron chi connectivity index (χ2n) is 4.25. The average molecular weight is 281 g/mol. The molecule has 2 N–H and O–H groups in total. The van der Waals surface area contributed by atoms with Gasteiger partial charge in [-0.1, -0.05) is 6.92 Å². The third kappa shape index (κ3) is 4.08. The summed E-state index contributed by atoms with van der Waals surface area (Å²) in [7, 11) is 3.27. The summed E-state index contributed by atoms with van der Waals surface area (Å²) >= 11 is 0. The first-order chi connectivity index (χ1) is 9.49. The average Bonchev–Trinajstić information content (AvgIpc) is 2.44. The van der Waals surface area contributed by atoms with Crippen molar-refractivity contribution in [2.75, 3.05) is 37.4 Å². The molecule has 1 heterocycles. The van der Waals surface area contributed by atoms with Gasteiger partial charge in [0, 0.05) is 26.7 Å². The van der Waals surface area contributed by atoms with E-state index in [9.17, 15) is 14.9 Å². The molecule has 0 saturated heterocycles. The first-order valence-corrected chi connectivity index (χ1v) is 6.30. The zero-order chi connectivity index (χ0) is 15.1. The van der Waals surface area contributed by atoms with Crippen molar-refractivity contribution in [1.29, 1.82) is 0 Å². The van der Waals surface area contributed by atoms with Crippen LogP contribution in [-0.4, -0.2) is 43.0 Å².